The number of hydrogen-bond donors (Lipinski definition) is 0. The molecule has 0 spiro atoms. The number of carbonyl (C=O) groups excluding carboxylic acids is 4. The molecule has 5 aliphatic rings. The van der Waals surface area contributed by atoms with Gasteiger partial charge < -0.3 is 4.74 Å². The van der Waals surface area contributed by atoms with Crippen LogP contribution in [-0.2, 0) is 20.8 Å². The fraction of sp³-hybridized carbons (Fsp3) is 0.357. The molecule has 1 saturated heterocycles. The summed E-state index contributed by atoms with van der Waals surface area (Å²) < 4.78 is 5.65. The molecule has 7 unspecified atom stereocenters. The third-order valence-corrected chi connectivity index (χ3v) is 8.01. The number of Topliss-reactive ketones (excluding diaryl/α,β-unsaturated/α-hetero) is 1. The number of amides is 2. The summed E-state index contributed by atoms with van der Waals surface area (Å²) in [7, 11) is 0. The zero-order chi connectivity index (χ0) is 23.6. The average molecular weight is 456 g/mol. The van der Waals surface area contributed by atoms with Crippen LogP contribution >= 0.6 is 0 Å². The van der Waals surface area contributed by atoms with Crippen LogP contribution in [0.15, 0.2) is 66.7 Å². The van der Waals surface area contributed by atoms with Gasteiger partial charge in [-0.2, -0.15) is 0 Å². The summed E-state index contributed by atoms with van der Waals surface area (Å²) in [5, 5.41) is 0. The predicted octanol–water partition coefficient (Wildman–Crippen LogP) is 3.46. The second-order valence-corrected chi connectivity index (χ2v) is 9.91. The van der Waals surface area contributed by atoms with Crippen LogP contribution in [0.2, 0.25) is 0 Å². The zero-order valence-electron chi connectivity index (χ0n) is 18.8. The van der Waals surface area contributed by atoms with Crippen LogP contribution in [0.1, 0.15) is 29.3 Å². The Morgan fingerprint density at radius 2 is 1.59 bits per heavy atom. The van der Waals surface area contributed by atoms with E-state index in [1.54, 1.807) is 18.2 Å². The first-order valence-electron chi connectivity index (χ1n) is 11.9. The van der Waals surface area contributed by atoms with E-state index in [0.29, 0.717) is 17.4 Å². The Labute approximate surface area is 197 Å². The summed E-state index contributed by atoms with van der Waals surface area (Å²) in [6.45, 7) is 1.44. The molecule has 1 aliphatic heterocycles. The van der Waals surface area contributed by atoms with E-state index in [1.807, 2.05) is 30.3 Å². The highest BCUT2D eigenvalue weighted by molar-refractivity contribution is 6.09. The van der Waals surface area contributed by atoms with Crippen LogP contribution < -0.4 is 4.74 Å². The largest absolute Gasteiger partial charge is 0.425 e. The van der Waals surface area contributed by atoms with E-state index in [1.165, 1.54) is 17.9 Å². The maximum absolute atomic E-state index is 13.7. The molecule has 0 radical (unpaired) electrons. The Morgan fingerprint density at radius 1 is 0.941 bits per heavy atom. The molecule has 7 rings (SSSR count). The summed E-state index contributed by atoms with van der Waals surface area (Å²) >= 11 is 0. The first-order valence-corrected chi connectivity index (χ1v) is 11.9. The number of hydrogen-bond acceptors (Lipinski definition) is 5. The number of imide groups is 1. The van der Waals surface area contributed by atoms with E-state index < -0.39 is 12.0 Å². The summed E-state index contributed by atoms with van der Waals surface area (Å²) in [6, 6.07) is 14.7. The van der Waals surface area contributed by atoms with Gasteiger partial charge in [0.15, 0.2) is 5.78 Å². The van der Waals surface area contributed by atoms with E-state index >= 15 is 0 Å². The smallest absolute Gasteiger partial charge is 0.335 e. The number of nitrogens with zero attached hydrogens (tertiary/aromatic N) is 1. The second-order valence-electron chi connectivity index (χ2n) is 9.91. The number of benzene rings is 2. The molecule has 0 aromatic heterocycles. The van der Waals surface area contributed by atoms with Crippen LogP contribution in [0.4, 0.5) is 0 Å². The molecule has 2 bridgehead atoms. The molecule has 7 atom stereocenters. The molecule has 1 heterocycles. The Bertz CT molecular complexity index is 1200. The van der Waals surface area contributed by atoms with Crippen molar-refractivity contribution in [3.63, 3.8) is 0 Å². The van der Waals surface area contributed by atoms with Gasteiger partial charge in [-0.25, -0.2) is 4.79 Å². The highest BCUT2D eigenvalue weighted by atomic mass is 16.5. The maximum Gasteiger partial charge on any atom is 0.335 e. The fourth-order valence-corrected chi connectivity index (χ4v) is 6.37. The number of ether oxygens (including phenoxy) is 1. The molecule has 2 aromatic rings. The number of rotatable bonds is 6. The number of likely N-dealkylation sites (tertiary alicyclic amines) is 1. The summed E-state index contributed by atoms with van der Waals surface area (Å²) in [6.07, 6.45) is 5.50. The highest BCUT2D eigenvalue weighted by Crippen LogP contribution is 2.65. The molecule has 2 aromatic carbocycles. The van der Waals surface area contributed by atoms with Gasteiger partial charge in [0, 0.05) is 12.0 Å². The summed E-state index contributed by atoms with van der Waals surface area (Å²) in [5.74, 6) is -0.713. The molecule has 2 amide bonds. The minimum atomic E-state index is -1.07. The molecule has 2 saturated carbocycles. The van der Waals surface area contributed by atoms with Crippen LogP contribution in [0.5, 0.6) is 5.75 Å². The van der Waals surface area contributed by atoms with Crippen molar-refractivity contribution in [2.24, 2.45) is 35.5 Å². The van der Waals surface area contributed by atoms with Crippen molar-refractivity contribution in [1.29, 1.82) is 0 Å². The second kappa shape index (κ2) is 7.76. The van der Waals surface area contributed by atoms with Crippen molar-refractivity contribution in [2.75, 3.05) is 0 Å². The molecule has 3 fully saturated rings. The van der Waals surface area contributed by atoms with Gasteiger partial charge in [0.1, 0.15) is 11.8 Å². The Balaban J connectivity index is 1.32. The van der Waals surface area contributed by atoms with E-state index in [9.17, 15) is 19.2 Å². The van der Waals surface area contributed by atoms with Crippen molar-refractivity contribution < 1.29 is 23.9 Å². The molecule has 6 heteroatoms. The SMILES string of the molecule is CC(=O)c1cccc(OC(=O)C(Cc2ccccc2)N2C(=O)C3C4C=CC(C5CC45)C3C2=O)c1. The average Bonchev–Trinajstić information content (AvgIpc) is 3.62. The summed E-state index contributed by atoms with van der Waals surface area (Å²) in [5.41, 5.74) is 1.26. The van der Waals surface area contributed by atoms with Gasteiger partial charge in [0.05, 0.1) is 11.8 Å². The predicted molar refractivity (Wildman–Crippen MR) is 123 cm³/mol. The fourth-order valence-electron chi connectivity index (χ4n) is 6.37. The number of ketones is 1. The quantitative estimate of drug-likeness (QED) is 0.219. The third-order valence-electron chi connectivity index (χ3n) is 8.01. The molecular weight excluding hydrogens is 430 g/mol. The minimum Gasteiger partial charge on any atom is -0.425 e. The van der Waals surface area contributed by atoms with E-state index in [2.05, 4.69) is 12.2 Å². The first-order chi connectivity index (χ1) is 16.4. The van der Waals surface area contributed by atoms with E-state index in [0.717, 1.165) is 12.0 Å². The van der Waals surface area contributed by atoms with Crippen molar-refractivity contribution in [2.45, 2.75) is 25.8 Å². The van der Waals surface area contributed by atoms with Gasteiger partial charge in [-0.15, -0.1) is 0 Å². The van der Waals surface area contributed by atoms with Gasteiger partial charge in [0.25, 0.3) is 0 Å². The van der Waals surface area contributed by atoms with Crippen LogP contribution in [0.25, 0.3) is 0 Å². The first kappa shape index (κ1) is 21.0. The van der Waals surface area contributed by atoms with Gasteiger partial charge >= 0.3 is 5.97 Å². The number of esters is 1. The van der Waals surface area contributed by atoms with E-state index in [-0.39, 0.29) is 53.4 Å². The van der Waals surface area contributed by atoms with Crippen LogP contribution in [0, 0.1) is 35.5 Å². The van der Waals surface area contributed by atoms with Crippen molar-refractivity contribution in [3.8, 4) is 5.75 Å². The van der Waals surface area contributed by atoms with Crippen molar-refractivity contribution in [3.05, 3.63) is 77.9 Å². The van der Waals surface area contributed by atoms with Crippen molar-refractivity contribution >= 4 is 23.6 Å². The zero-order valence-corrected chi connectivity index (χ0v) is 18.8. The molecule has 172 valence electrons. The van der Waals surface area contributed by atoms with Crippen molar-refractivity contribution in [1.82, 2.24) is 4.90 Å². The topological polar surface area (TPSA) is 80.8 Å². The number of allylic oxidation sites excluding steroid dienone is 2. The Hall–Kier alpha value is -3.54. The molecule has 4 aliphatic carbocycles. The van der Waals surface area contributed by atoms with E-state index in [4.69, 9.17) is 4.74 Å². The highest BCUT2D eigenvalue weighted by Gasteiger charge is 2.68. The van der Waals surface area contributed by atoms with Gasteiger partial charge in [-0.1, -0.05) is 54.6 Å². The lowest BCUT2D eigenvalue weighted by molar-refractivity contribution is -0.153. The lowest BCUT2D eigenvalue weighted by atomic mass is 9.63. The molecule has 34 heavy (non-hydrogen) atoms. The standard InChI is InChI=1S/C28H25NO5/c1-15(30)17-8-5-9-18(13-17)34-28(33)23(12-16-6-3-2-4-7-16)29-26(31)24-19-10-11-20(22-14-21(19)22)25(24)27(29)32/h2-11,13,19-25H,12,14H2,1H3. The third kappa shape index (κ3) is 3.23. The normalized spacial score (nSPS) is 31.1. The molecular formula is C28H25NO5. The monoisotopic (exact) mass is 455 g/mol. The van der Waals surface area contributed by atoms with Gasteiger partial charge in [-0.05, 0) is 54.7 Å². The maximum atomic E-state index is 13.7. The Morgan fingerprint density at radius 3 is 2.21 bits per heavy atom. The van der Waals surface area contributed by atoms with Gasteiger partial charge in [-0.3, -0.25) is 19.3 Å². The molecule has 6 nitrogen and oxygen atoms in total. The summed E-state index contributed by atoms with van der Waals surface area (Å²) in [4.78, 5) is 53.7. The Kier molecular flexibility index (Phi) is 4.80. The lowest BCUT2D eigenvalue weighted by Gasteiger charge is -2.37. The number of carbonyl (C=O) groups is 4. The lowest BCUT2D eigenvalue weighted by Crippen LogP contribution is -2.48. The minimum absolute atomic E-state index is 0.0853. The van der Waals surface area contributed by atoms with Gasteiger partial charge in [0.2, 0.25) is 11.8 Å². The molecule has 0 N–H and O–H groups in total. The van der Waals surface area contributed by atoms with Crippen LogP contribution in [0.3, 0.4) is 0 Å². The van der Waals surface area contributed by atoms with Crippen LogP contribution in [-0.4, -0.2) is 34.5 Å².